The molecule has 0 amide bonds. The van der Waals surface area contributed by atoms with Crippen molar-refractivity contribution in [1.29, 1.82) is 0 Å². The number of ether oxygens (including phenoxy) is 1. The number of nitrogens with one attached hydrogen (secondary N) is 1. The highest BCUT2D eigenvalue weighted by Gasteiger charge is 2.28. The van der Waals surface area contributed by atoms with E-state index in [0.29, 0.717) is 6.10 Å². The van der Waals surface area contributed by atoms with Crippen LogP contribution in [0.4, 0.5) is 0 Å². The van der Waals surface area contributed by atoms with Crippen LogP contribution in [0, 0.1) is 0 Å². The van der Waals surface area contributed by atoms with Crippen molar-refractivity contribution in [3.63, 3.8) is 0 Å². The Bertz CT molecular complexity index is 225. The molecule has 0 saturated carbocycles. The summed E-state index contributed by atoms with van der Waals surface area (Å²) in [5.41, 5.74) is 0. The maximum absolute atomic E-state index is 5.89. The number of likely N-dealkylation sites (N-methyl/N-ethyl adjacent to an activating group) is 2. The summed E-state index contributed by atoms with van der Waals surface area (Å²) in [4.78, 5) is 5.11. The van der Waals surface area contributed by atoms with Crippen molar-refractivity contribution >= 4 is 0 Å². The highest BCUT2D eigenvalue weighted by molar-refractivity contribution is 4.84. The molecule has 2 unspecified atom stereocenters. The first kappa shape index (κ1) is 13.3. The lowest BCUT2D eigenvalue weighted by Crippen LogP contribution is -2.49. The van der Waals surface area contributed by atoms with E-state index in [1.165, 1.54) is 19.4 Å². The number of hydrogen-bond acceptors (Lipinski definition) is 4. The van der Waals surface area contributed by atoms with Crippen LogP contribution in [0.15, 0.2) is 0 Å². The van der Waals surface area contributed by atoms with E-state index in [0.717, 1.165) is 45.4 Å². The van der Waals surface area contributed by atoms with Crippen molar-refractivity contribution in [2.24, 2.45) is 0 Å². The first-order valence-corrected chi connectivity index (χ1v) is 7.06. The molecular formula is C13H27N3O. The summed E-state index contributed by atoms with van der Waals surface area (Å²) >= 11 is 0. The molecule has 0 bridgehead atoms. The zero-order valence-corrected chi connectivity index (χ0v) is 11.3. The number of nitrogens with zero attached hydrogens (tertiary/aromatic N) is 2. The summed E-state index contributed by atoms with van der Waals surface area (Å²) in [5, 5.41) is 3.30. The molecule has 1 N–H and O–H groups in total. The lowest BCUT2D eigenvalue weighted by molar-refractivity contribution is -0.0431. The predicted molar refractivity (Wildman–Crippen MR) is 70.4 cm³/mol. The smallest absolute Gasteiger partial charge is 0.0829 e. The molecule has 2 rings (SSSR count). The van der Waals surface area contributed by atoms with E-state index < -0.39 is 0 Å². The van der Waals surface area contributed by atoms with Crippen LogP contribution in [0.2, 0.25) is 0 Å². The molecule has 100 valence electrons. The van der Waals surface area contributed by atoms with E-state index in [1.807, 2.05) is 7.05 Å². The maximum atomic E-state index is 5.89. The second-order valence-corrected chi connectivity index (χ2v) is 5.23. The largest absolute Gasteiger partial charge is 0.374 e. The molecule has 0 aromatic rings. The highest BCUT2D eigenvalue weighted by atomic mass is 16.5. The van der Waals surface area contributed by atoms with Gasteiger partial charge in [-0.05, 0) is 33.0 Å². The van der Waals surface area contributed by atoms with Gasteiger partial charge in [0.1, 0.15) is 0 Å². The molecule has 2 heterocycles. The quantitative estimate of drug-likeness (QED) is 0.754. The first-order chi connectivity index (χ1) is 8.33. The third kappa shape index (κ3) is 3.65. The summed E-state index contributed by atoms with van der Waals surface area (Å²) < 4.78 is 5.89. The molecule has 2 aliphatic heterocycles. The normalized spacial score (nSPS) is 32.1. The van der Waals surface area contributed by atoms with Gasteiger partial charge in [0.15, 0.2) is 0 Å². The fraction of sp³-hybridized carbons (Fsp3) is 1.00. The van der Waals surface area contributed by atoms with Gasteiger partial charge in [-0.3, -0.25) is 9.80 Å². The van der Waals surface area contributed by atoms with Gasteiger partial charge in [-0.1, -0.05) is 6.92 Å². The SMILES string of the molecule is CCN1CCOC(CN2CCCC2CNC)C1. The van der Waals surface area contributed by atoms with E-state index in [4.69, 9.17) is 4.74 Å². The van der Waals surface area contributed by atoms with E-state index >= 15 is 0 Å². The second kappa shape index (κ2) is 6.69. The Labute approximate surface area is 105 Å². The zero-order valence-electron chi connectivity index (χ0n) is 11.3. The van der Waals surface area contributed by atoms with E-state index in [9.17, 15) is 0 Å². The van der Waals surface area contributed by atoms with Crippen LogP contribution < -0.4 is 5.32 Å². The highest BCUT2D eigenvalue weighted by Crippen LogP contribution is 2.18. The minimum absolute atomic E-state index is 0.418. The Morgan fingerprint density at radius 2 is 2.24 bits per heavy atom. The van der Waals surface area contributed by atoms with Crippen molar-refractivity contribution in [3.05, 3.63) is 0 Å². The van der Waals surface area contributed by atoms with Crippen LogP contribution >= 0.6 is 0 Å². The number of likely N-dealkylation sites (tertiary alicyclic amines) is 1. The minimum Gasteiger partial charge on any atom is -0.374 e. The lowest BCUT2D eigenvalue weighted by Gasteiger charge is -2.35. The van der Waals surface area contributed by atoms with Gasteiger partial charge in [-0.15, -0.1) is 0 Å². The van der Waals surface area contributed by atoms with E-state index in [2.05, 4.69) is 22.0 Å². The minimum atomic E-state index is 0.418. The molecule has 4 heteroatoms. The molecule has 4 nitrogen and oxygen atoms in total. The van der Waals surface area contributed by atoms with Crippen molar-refractivity contribution in [2.45, 2.75) is 31.9 Å². The molecular weight excluding hydrogens is 214 g/mol. The Morgan fingerprint density at radius 3 is 3.00 bits per heavy atom. The van der Waals surface area contributed by atoms with Gasteiger partial charge in [-0.2, -0.15) is 0 Å². The number of hydrogen-bond donors (Lipinski definition) is 1. The molecule has 0 aliphatic carbocycles. The summed E-state index contributed by atoms with van der Waals surface area (Å²) in [6.07, 6.45) is 3.10. The predicted octanol–water partition coefficient (Wildman–Crippen LogP) is 0.391. The molecule has 2 aliphatic rings. The van der Waals surface area contributed by atoms with Crippen molar-refractivity contribution in [3.8, 4) is 0 Å². The third-order valence-electron chi connectivity index (χ3n) is 4.05. The zero-order chi connectivity index (χ0) is 12.1. The molecule has 17 heavy (non-hydrogen) atoms. The topological polar surface area (TPSA) is 27.7 Å². The van der Waals surface area contributed by atoms with Crippen LogP contribution in [-0.4, -0.2) is 74.9 Å². The standard InChI is InChI=1S/C13H27N3O/c1-3-15-7-8-17-13(10-15)11-16-6-4-5-12(16)9-14-2/h12-14H,3-11H2,1-2H3. The average Bonchev–Trinajstić information content (AvgIpc) is 2.78. The van der Waals surface area contributed by atoms with Crippen LogP contribution in [0.5, 0.6) is 0 Å². The molecule has 0 aromatic heterocycles. The van der Waals surface area contributed by atoms with Crippen LogP contribution in [0.25, 0.3) is 0 Å². The monoisotopic (exact) mass is 241 g/mol. The van der Waals surface area contributed by atoms with Gasteiger partial charge < -0.3 is 10.1 Å². The molecule has 2 fully saturated rings. The fourth-order valence-electron chi connectivity index (χ4n) is 3.04. The van der Waals surface area contributed by atoms with Crippen molar-refractivity contribution in [1.82, 2.24) is 15.1 Å². The van der Waals surface area contributed by atoms with Crippen molar-refractivity contribution in [2.75, 3.05) is 52.9 Å². The van der Waals surface area contributed by atoms with Crippen LogP contribution in [-0.2, 0) is 4.74 Å². The maximum Gasteiger partial charge on any atom is 0.0829 e. The van der Waals surface area contributed by atoms with E-state index in [1.54, 1.807) is 0 Å². The third-order valence-corrected chi connectivity index (χ3v) is 4.05. The lowest BCUT2D eigenvalue weighted by atomic mass is 10.2. The average molecular weight is 241 g/mol. The van der Waals surface area contributed by atoms with Crippen LogP contribution in [0.3, 0.4) is 0 Å². The number of rotatable bonds is 5. The Morgan fingerprint density at radius 1 is 1.35 bits per heavy atom. The molecule has 0 radical (unpaired) electrons. The summed E-state index contributed by atoms with van der Waals surface area (Å²) in [7, 11) is 2.05. The molecule has 0 aromatic carbocycles. The van der Waals surface area contributed by atoms with Gasteiger partial charge in [-0.25, -0.2) is 0 Å². The summed E-state index contributed by atoms with van der Waals surface area (Å²) in [6.45, 7) is 9.99. The molecule has 0 spiro atoms. The number of morpholine rings is 1. The molecule has 2 atom stereocenters. The fourth-order valence-corrected chi connectivity index (χ4v) is 3.04. The van der Waals surface area contributed by atoms with Crippen molar-refractivity contribution < 1.29 is 4.74 Å². The van der Waals surface area contributed by atoms with Crippen LogP contribution in [0.1, 0.15) is 19.8 Å². The summed E-state index contributed by atoms with van der Waals surface area (Å²) in [5.74, 6) is 0. The van der Waals surface area contributed by atoms with Gasteiger partial charge in [0.25, 0.3) is 0 Å². The Balaban J connectivity index is 1.79. The Hall–Kier alpha value is -0.160. The van der Waals surface area contributed by atoms with E-state index in [-0.39, 0.29) is 0 Å². The first-order valence-electron chi connectivity index (χ1n) is 7.06. The second-order valence-electron chi connectivity index (χ2n) is 5.23. The van der Waals surface area contributed by atoms with Gasteiger partial charge in [0, 0.05) is 32.2 Å². The molecule has 2 saturated heterocycles. The van der Waals surface area contributed by atoms with Gasteiger partial charge in [0.05, 0.1) is 12.7 Å². The van der Waals surface area contributed by atoms with Gasteiger partial charge in [0.2, 0.25) is 0 Å². The summed E-state index contributed by atoms with van der Waals surface area (Å²) in [6, 6.07) is 0.723. The Kier molecular flexibility index (Phi) is 5.22. The van der Waals surface area contributed by atoms with Gasteiger partial charge >= 0.3 is 0 Å².